The molecule has 1 heterocycles. The fourth-order valence-corrected chi connectivity index (χ4v) is 2.65. The fourth-order valence-electron chi connectivity index (χ4n) is 2.65. The Hall–Kier alpha value is -2.24. The van der Waals surface area contributed by atoms with Crippen LogP contribution in [0.1, 0.15) is 27.2 Å². The number of carbonyl (C=O) groups is 2. The van der Waals surface area contributed by atoms with Gasteiger partial charge in [0.05, 0.1) is 12.8 Å². The summed E-state index contributed by atoms with van der Waals surface area (Å²) in [5.41, 5.74) is 6.87. The molecule has 0 radical (unpaired) electrons. The monoisotopic (exact) mass is 306 g/mol. The number of para-hydroxylation sites is 1. The minimum atomic E-state index is -0.717. The first-order chi connectivity index (χ1) is 10.4. The van der Waals surface area contributed by atoms with Crippen molar-refractivity contribution in [3.05, 3.63) is 18.2 Å². The molecule has 6 heteroatoms. The number of nitrogens with two attached hydrogens (primary N) is 1. The summed E-state index contributed by atoms with van der Waals surface area (Å²) in [6.45, 7) is 5.63. The first kappa shape index (κ1) is 16.1. The summed E-state index contributed by atoms with van der Waals surface area (Å²) < 4.78 is 10.6. The molecule has 0 aromatic heterocycles. The molecule has 120 valence electrons. The van der Waals surface area contributed by atoms with Crippen LogP contribution in [-0.4, -0.2) is 31.1 Å². The maximum absolute atomic E-state index is 12.8. The summed E-state index contributed by atoms with van der Waals surface area (Å²) in [7, 11) is 1.31. The number of hydrogen-bond donors (Lipinski definition) is 1. The third-order valence-corrected chi connectivity index (χ3v) is 3.78. The molecule has 1 aromatic carbocycles. The van der Waals surface area contributed by atoms with Crippen LogP contribution in [0.3, 0.4) is 0 Å². The lowest BCUT2D eigenvalue weighted by atomic mass is 10.00. The van der Waals surface area contributed by atoms with Crippen molar-refractivity contribution in [2.45, 2.75) is 39.3 Å². The molecule has 1 aliphatic heterocycles. The van der Waals surface area contributed by atoms with Gasteiger partial charge in [-0.15, -0.1) is 0 Å². The van der Waals surface area contributed by atoms with E-state index in [9.17, 15) is 9.59 Å². The summed E-state index contributed by atoms with van der Waals surface area (Å²) in [5, 5.41) is 0. The molecule has 0 saturated heterocycles. The van der Waals surface area contributed by atoms with Crippen molar-refractivity contribution >= 4 is 23.3 Å². The standard InChI is InChI=1S/C16H22N2O4/c1-5-11(16(20)21-4)18-13-10(17)7-6-8-12(13)22-14(9(2)3)15(18)19/h6-9,11,14H,5,17H2,1-4H3. The summed E-state index contributed by atoms with van der Waals surface area (Å²) in [5.74, 6) is -0.243. The van der Waals surface area contributed by atoms with E-state index in [1.54, 1.807) is 18.2 Å². The van der Waals surface area contributed by atoms with Crippen LogP contribution in [0.25, 0.3) is 0 Å². The highest BCUT2D eigenvalue weighted by molar-refractivity contribution is 6.07. The van der Waals surface area contributed by atoms with Gasteiger partial charge in [0.1, 0.15) is 17.5 Å². The molecule has 0 saturated carbocycles. The third-order valence-electron chi connectivity index (χ3n) is 3.78. The molecule has 1 amide bonds. The Morgan fingerprint density at radius 1 is 1.45 bits per heavy atom. The van der Waals surface area contributed by atoms with Crippen LogP contribution in [0, 0.1) is 5.92 Å². The normalized spacial score (nSPS) is 18.7. The van der Waals surface area contributed by atoms with E-state index >= 15 is 0 Å². The second kappa shape index (κ2) is 6.25. The Bertz CT molecular complexity index is 586. The molecule has 0 bridgehead atoms. The van der Waals surface area contributed by atoms with Gasteiger partial charge in [-0.1, -0.05) is 26.8 Å². The number of hydrogen-bond acceptors (Lipinski definition) is 5. The van der Waals surface area contributed by atoms with Crippen molar-refractivity contribution in [2.75, 3.05) is 17.7 Å². The van der Waals surface area contributed by atoms with Crippen LogP contribution in [0.2, 0.25) is 0 Å². The van der Waals surface area contributed by atoms with E-state index < -0.39 is 18.1 Å². The molecule has 22 heavy (non-hydrogen) atoms. The first-order valence-corrected chi connectivity index (χ1v) is 7.38. The maximum Gasteiger partial charge on any atom is 0.328 e. The topological polar surface area (TPSA) is 81.9 Å². The maximum atomic E-state index is 12.8. The van der Waals surface area contributed by atoms with Crippen molar-refractivity contribution in [3.63, 3.8) is 0 Å². The van der Waals surface area contributed by atoms with Crippen molar-refractivity contribution in [2.24, 2.45) is 5.92 Å². The Morgan fingerprint density at radius 3 is 2.68 bits per heavy atom. The van der Waals surface area contributed by atoms with Gasteiger partial charge in [-0.25, -0.2) is 4.79 Å². The number of fused-ring (bicyclic) bond motifs is 1. The van der Waals surface area contributed by atoms with Crippen LogP contribution < -0.4 is 15.4 Å². The van der Waals surface area contributed by atoms with Crippen LogP contribution in [0.4, 0.5) is 11.4 Å². The lowest BCUT2D eigenvalue weighted by Crippen LogP contribution is -2.55. The van der Waals surface area contributed by atoms with Crippen LogP contribution in [0.15, 0.2) is 18.2 Å². The molecule has 1 aromatic rings. The minimum absolute atomic E-state index is 0.0280. The predicted molar refractivity (Wildman–Crippen MR) is 83.7 cm³/mol. The number of rotatable bonds is 4. The summed E-state index contributed by atoms with van der Waals surface area (Å²) >= 11 is 0. The lowest BCUT2D eigenvalue weighted by molar-refractivity contribution is -0.144. The number of ether oxygens (including phenoxy) is 2. The molecule has 2 rings (SSSR count). The molecule has 6 nitrogen and oxygen atoms in total. The number of anilines is 2. The minimum Gasteiger partial charge on any atom is -0.478 e. The lowest BCUT2D eigenvalue weighted by Gasteiger charge is -2.39. The average Bonchev–Trinajstić information content (AvgIpc) is 2.49. The second-order valence-corrected chi connectivity index (χ2v) is 5.63. The van der Waals surface area contributed by atoms with Gasteiger partial charge in [0, 0.05) is 0 Å². The highest BCUT2D eigenvalue weighted by atomic mass is 16.5. The zero-order valence-electron chi connectivity index (χ0n) is 13.3. The zero-order valence-corrected chi connectivity index (χ0v) is 13.3. The van der Waals surface area contributed by atoms with Crippen molar-refractivity contribution < 1.29 is 19.1 Å². The highest BCUT2D eigenvalue weighted by Gasteiger charge is 2.42. The van der Waals surface area contributed by atoms with E-state index in [0.29, 0.717) is 23.5 Å². The van der Waals surface area contributed by atoms with E-state index in [4.69, 9.17) is 15.2 Å². The molecular formula is C16H22N2O4. The third kappa shape index (κ3) is 2.61. The van der Waals surface area contributed by atoms with Crippen molar-refractivity contribution in [1.29, 1.82) is 0 Å². The van der Waals surface area contributed by atoms with E-state index in [0.717, 1.165) is 0 Å². The largest absolute Gasteiger partial charge is 0.478 e. The molecule has 2 unspecified atom stereocenters. The van der Waals surface area contributed by atoms with Crippen molar-refractivity contribution in [1.82, 2.24) is 0 Å². The molecule has 2 N–H and O–H groups in total. The SMILES string of the molecule is CCC(C(=O)OC)N1C(=O)C(C(C)C)Oc2cccc(N)c21. The molecule has 0 spiro atoms. The quantitative estimate of drug-likeness (QED) is 0.679. The molecule has 0 fully saturated rings. The van der Waals surface area contributed by atoms with Gasteiger partial charge in [-0.2, -0.15) is 0 Å². The van der Waals surface area contributed by atoms with Gasteiger partial charge < -0.3 is 15.2 Å². The zero-order chi connectivity index (χ0) is 16.4. The Balaban J connectivity index is 2.58. The predicted octanol–water partition coefficient (Wildman–Crippen LogP) is 1.97. The summed E-state index contributed by atoms with van der Waals surface area (Å²) in [4.78, 5) is 26.4. The number of nitrogens with zero attached hydrogens (tertiary/aromatic N) is 1. The molecule has 1 aliphatic rings. The number of carbonyl (C=O) groups excluding carboxylic acids is 2. The Labute approximate surface area is 130 Å². The van der Waals surface area contributed by atoms with E-state index in [1.165, 1.54) is 12.0 Å². The van der Waals surface area contributed by atoms with E-state index in [1.807, 2.05) is 20.8 Å². The van der Waals surface area contributed by atoms with Gasteiger partial charge in [0.15, 0.2) is 6.10 Å². The summed E-state index contributed by atoms with van der Waals surface area (Å²) in [6.07, 6.45) is -0.218. The summed E-state index contributed by atoms with van der Waals surface area (Å²) in [6, 6.07) is 4.48. The van der Waals surface area contributed by atoms with Crippen LogP contribution >= 0.6 is 0 Å². The van der Waals surface area contributed by atoms with E-state index in [-0.39, 0.29) is 11.8 Å². The number of nitrogen functional groups attached to an aromatic ring is 1. The van der Waals surface area contributed by atoms with Crippen molar-refractivity contribution in [3.8, 4) is 5.75 Å². The number of benzene rings is 1. The van der Waals surface area contributed by atoms with Gasteiger partial charge in [0.25, 0.3) is 5.91 Å². The Morgan fingerprint density at radius 2 is 2.14 bits per heavy atom. The van der Waals surface area contributed by atoms with Gasteiger partial charge in [0.2, 0.25) is 0 Å². The smallest absolute Gasteiger partial charge is 0.328 e. The Kier molecular flexibility index (Phi) is 4.59. The molecule has 0 aliphatic carbocycles. The fraction of sp³-hybridized carbons (Fsp3) is 0.500. The number of methoxy groups -OCH3 is 1. The van der Waals surface area contributed by atoms with E-state index in [2.05, 4.69) is 0 Å². The van der Waals surface area contributed by atoms with Crippen LogP contribution in [-0.2, 0) is 14.3 Å². The van der Waals surface area contributed by atoms with Gasteiger partial charge >= 0.3 is 5.97 Å². The second-order valence-electron chi connectivity index (χ2n) is 5.63. The number of amides is 1. The van der Waals surface area contributed by atoms with Gasteiger partial charge in [-0.05, 0) is 24.5 Å². The highest BCUT2D eigenvalue weighted by Crippen LogP contribution is 2.41. The van der Waals surface area contributed by atoms with Gasteiger partial charge in [-0.3, -0.25) is 9.69 Å². The average molecular weight is 306 g/mol. The molecular weight excluding hydrogens is 284 g/mol. The van der Waals surface area contributed by atoms with Crippen LogP contribution in [0.5, 0.6) is 5.75 Å². The molecule has 2 atom stereocenters. The number of esters is 1. The first-order valence-electron chi connectivity index (χ1n) is 7.38.